The van der Waals surface area contributed by atoms with Crippen LogP contribution in [0.3, 0.4) is 0 Å². The molecule has 0 unspecified atom stereocenters. The molecule has 0 aliphatic carbocycles. The molecule has 2 amide bonds. The Hall–Kier alpha value is -2.97. The molecular formula is C18H16Cl2N4O4. The average Bonchev–Trinajstić information content (AvgIpc) is 3.32. The van der Waals surface area contributed by atoms with Crippen molar-refractivity contribution in [2.75, 3.05) is 12.4 Å². The minimum atomic E-state index is -0.548. The van der Waals surface area contributed by atoms with E-state index in [0.29, 0.717) is 34.6 Å². The van der Waals surface area contributed by atoms with Crippen LogP contribution in [0.2, 0.25) is 10.0 Å². The van der Waals surface area contributed by atoms with Crippen LogP contribution in [0.1, 0.15) is 21.9 Å². The Labute approximate surface area is 170 Å². The van der Waals surface area contributed by atoms with Gasteiger partial charge in [0.25, 0.3) is 0 Å². The second-order valence-electron chi connectivity index (χ2n) is 5.74. The molecule has 0 aliphatic rings. The van der Waals surface area contributed by atoms with E-state index in [1.807, 2.05) is 0 Å². The highest BCUT2D eigenvalue weighted by Crippen LogP contribution is 2.22. The predicted molar refractivity (Wildman–Crippen MR) is 104 cm³/mol. The Morgan fingerprint density at radius 3 is 2.79 bits per heavy atom. The number of hydrogen-bond acceptors (Lipinski definition) is 5. The van der Waals surface area contributed by atoms with Gasteiger partial charge in [-0.2, -0.15) is 5.10 Å². The lowest BCUT2D eigenvalue weighted by atomic mass is 10.2. The molecule has 0 atom stereocenters. The van der Waals surface area contributed by atoms with Gasteiger partial charge in [-0.1, -0.05) is 29.3 Å². The summed E-state index contributed by atoms with van der Waals surface area (Å²) in [4.78, 5) is 23.4. The fraction of sp³-hybridized carbons (Fsp3) is 0.167. The van der Waals surface area contributed by atoms with Crippen LogP contribution in [0.4, 0.5) is 10.5 Å². The molecule has 0 spiro atoms. The van der Waals surface area contributed by atoms with E-state index in [0.717, 1.165) is 5.56 Å². The zero-order chi connectivity index (χ0) is 20.1. The van der Waals surface area contributed by atoms with Crippen LogP contribution >= 0.6 is 23.2 Å². The van der Waals surface area contributed by atoms with Crippen LogP contribution in [0, 0.1) is 0 Å². The number of esters is 1. The smallest absolute Gasteiger partial charge is 0.373 e. The number of carbonyl (C=O) groups is 2. The topological polar surface area (TPSA) is 98.4 Å². The normalized spacial score (nSPS) is 10.5. The van der Waals surface area contributed by atoms with Crippen molar-refractivity contribution in [3.8, 4) is 0 Å². The Kier molecular flexibility index (Phi) is 6.23. The van der Waals surface area contributed by atoms with Gasteiger partial charge in [-0.25, -0.2) is 9.59 Å². The zero-order valence-corrected chi connectivity index (χ0v) is 16.3. The minimum Gasteiger partial charge on any atom is -0.463 e. The van der Waals surface area contributed by atoms with Gasteiger partial charge < -0.3 is 19.8 Å². The van der Waals surface area contributed by atoms with Crippen molar-refractivity contribution in [2.45, 2.75) is 13.1 Å². The Balaban J connectivity index is 1.52. The molecule has 8 nitrogen and oxygen atoms in total. The number of benzene rings is 1. The quantitative estimate of drug-likeness (QED) is 0.586. The SMILES string of the molecule is COC(=O)c1ccc(Cn2cc(NC(=O)NCc3ccc(Cl)c(Cl)c3)cn2)o1. The van der Waals surface area contributed by atoms with Crippen molar-refractivity contribution < 1.29 is 18.7 Å². The highest BCUT2D eigenvalue weighted by atomic mass is 35.5. The summed E-state index contributed by atoms with van der Waals surface area (Å²) in [6.45, 7) is 0.586. The number of nitrogens with zero attached hydrogens (tertiary/aromatic N) is 2. The Morgan fingerprint density at radius 2 is 2.04 bits per heavy atom. The van der Waals surface area contributed by atoms with Crippen LogP contribution in [-0.2, 0) is 17.8 Å². The number of urea groups is 1. The van der Waals surface area contributed by atoms with Gasteiger partial charge in [0.2, 0.25) is 5.76 Å². The van der Waals surface area contributed by atoms with Crippen molar-refractivity contribution >= 4 is 40.9 Å². The molecule has 0 bridgehead atoms. The highest BCUT2D eigenvalue weighted by molar-refractivity contribution is 6.42. The molecular weight excluding hydrogens is 407 g/mol. The number of amides is 2. The third kappa shape index (κ3) is 5.05. The molecule has 0 aliphatic heterocycles. The van der Waals surface area contributed by atoms with E-state index in [2.05, 4.69) is 20.5 Å². The third-order valence-corrected chi connectivity index (χ3v) is 4.43. The average molecular weight is 423 g/mol. The van der Waals surface area contributed by atoms with Crippen LogP contribution in [0.5, 0.6) is 0 Å². The summed E-state index contributed by atoms with van der Waals surface area (Å²) in [5.41, 5.74) is 1.32. The molecule has 2 N–H and O–H groups in total. The molecule has 2 heterocycles. The third-order valence-electron chi connectivity index (χ3n) is 3.69. The van der Waals surface area contributed by atoms with Gasteiger partial charge in [0.1, 0.15) is 5.76 Å². The van der Waals surface area contributed by atoms with Crippen LogP contribution < -0.4 is 10.6 Å². The Bertz CT molecular complexity index is 999. The first-order valence-corrected chi connectivity index (χ1v) is 8.88. The maximum absolute atomic E-state index is 12.0. The fourth-order valence-electron chi connectivity index (χ4n) is 2.35. The number of aromatic nitrogens is 2. The number of nitrogens with one attached hydrogen (secondary N) is 2. The standard InChI is InChI=1S/C18H16Cl2N4O4/c1-27-17(25)16-5-3-13(28-16)10-24-9-12(8-22-24)23-18(26)21-7-11-2-4-14(19)15(20)6-11/h2-6,8-9H,7,10H2,1H3,(H2,21,23,26). The van der Waals surface area contributed by atoms with Gasteiger partial charge in [0.05, 0.1) is 35.6 Å². The van der Waals surface area contributed by atoms with Crippen molar-refractivity contribution in [3.63, 3.8) is 0 Å². The van der Waals surface area contributed by atoms with Crippen molar-refractivity contribution in [2.24, 2.45) is 0 Å². The molecule has 3 aromatic rings. The van der Waals surface area contributed by atoms with E-state index in [1.54, 1.807) is 35.1 Å². The van der Waals surface area contributed by atoms with Crippen LogP contribution in [-0.4, -0.2) is 28.9 Å². The molecule has 3 rings (SSSR count). The van der Waals surface area contributed by atoms with E-state index in [1.165, 1.54) is 19.4 Å². The summed E-state index contributed by atoms with van der Waals surface area (Å²) in [5, 5.41) is 10.4. The first-order chi connectivity index (χ1) is 13.4. The molecule has 146 valence electrons. The number of hydrogen-bond donors (Lipinski definition) is 2. The number of anilines is 1. The summed E-state index contributed by atoms with van der Waals surface area (Å²) in [5.74, 6) is 0.0940. The Morgan fingerprint density at radius 1 is 1.21 bits per heavy atom. The highest BCUT2D eigenvalue weighted by Gasteiger charge is 2.12. The summed E-state index contributed by atoms with van der Waals surface area (Å²) in [6, 6.07) is 7.93. The van der Waals surface area contributed by atoms with Crippen molar-refractivity contribution in [3.05, 3.63) is 69.9 Å². The van der Waals surface area contributed by atoms with Gasteiger partial charge in [-0.3, -0.25) is 4.68 Å². The van der Waals surface area contributed by atoms with Gasteiger partial charge in [-0.15, -0.1) is 0 Å². The van der Waals surface area contributed by atoms with E-state index < -0.39 is 12.0 Å². The number of methoxy groups -OCH3 is 1. The largest absolute Gasteiger partial charge is 0.463 e. The van der Waals surface area contributed by atoms with Crippen molar-refractivity contribution in [1.29, 1.82) is 0 Å². The lowest BCUT2D eigenvalue weighted by Gasteiger charge is -2.07. The molecule has 0 fully saturated rings. The molecule has 2 aromatic heterocycles. The second-order valence-corrected chi connectivity index (χ2v) is 6.55. The maximum atomic E-state index is 12.0. The molecule has 0 saturated heterocycles. The van der Waals surface area contributed by atoms with Crippen LogP contribution in [0.25, 0.3) is 0 Å². The van der Waals surface area contributed by atoms with E-state index in [-0.39, 0.29) is 5.76 Å². The molecule has 28 heavy (non-hydrogen) atoms. The summed E-state index contributed by atoms with van der Waals surface area (Å²) < 4.78 is 11.5. The second kappa shape index (κ2) is 8.81. The number of ether oxygens (including phenoxy) is 1. The van der Waals surface area contributed by atoms with E-state index in [4.69, 9.17) is 27.6 Å². The lowest BCUT2D eigenvalue weighted by Crippen LogP contribution is -2.28. The molecule has 1 aromatic carbocycles. The lowest BCUT2D eigenvalue weighted by molar-refractivity contribution is 0.0562. The van der Waals surface area contributed by atoms with Gasteiger partial charge >= 0.3 is 12.0 Å². The monoisotopic (exact) mass is 422 g/mol. The van der Waals surface area contributed by atoms with E-state index in [9.17, 15) is 9.59 Å². The number of carbonyl (C=O) groups excluding carboxylic acids is 2. The number of halogens is 2. The minimum absolute atomic E-state index is 0.115. The number of rotatable bonds is 6. The fourth-order valence-corrected chi connectivity index (χ4v) is 2.68. The predicted octanol–water partition coefficient (Wildman–Crippen LogP) is 3.94. The first-order valence-electron chi connectivity index (χ1n) is 8.13. The van der Waals surface area contributed by atoms with Crippen LogP contribution in [0.15, 0.2) is 47.1 Å². The summed E-state index contributed by atoms with van der Waals surface area (Å²) in [6.07, 6.45) is 3.14. The van der Waals surface area contributed by atoms with Gasteiger partial charge in [0.15, 0.2) is 0 Å². The zero-order valence-electron chi connectivity index (χ0n) is 14.7. The summed E-state index contributed by atoms with van der Waals surface area (Å²) in [7, 11) is 1.28. The molecule has 0 radical (unpaired) electrons. The molecule has 0 saturated carbocycles. The van der Waals surface area contributed by atoms with Crippen molar-refractivity contribution in [1.82, 2.24) is 15.1 Å². The first kappa shape index (κ1) is 19.8. The number of furan rings is 1. The molecule has 10 heteroatoms. The maximum Gasteiger partial charge on any atom is 0.373 e. The van der Waals surface area contributed by atoms with Gasteiger partial charge in [-0.05, 0) is 29.8 Å². The van der Waals surface area contributed by atoms with E-state index >= 15 is 0 Å². The summed E-state index contributed by atoms with van der Waals surface area (Å²) >= 11 is 11.8. The van der Waals surface area contributed by atoms with Gasteiger partial charge in [0, 0.05) is 12.7 Å².